The van der Waals surface area contributed by atoms with Gasteiger partial charge in [0.1, 0.15) is 5.82 Å². The number of likely N-dealkylation sites (N-methyl/N-ethyl adjacent to an activating group) is 1. The molecule has 2 rings (SSSR count). The first kappa shape index (κ1) is 11.6. The van der Waals surface area contributed by atoms with Crippen molar-refractivity contribution in [1.29, 1.82) is 0 Å². The van der Waals surface area contributed by atoms with E-state index in [9.17, 15) is 4.39 Å². The zero-order valence-electron chi connectivity index (χ0n) is 9.66. The van der Waals surface area contributed by atoms with Crippen LogP contribution >= 0.6 is 0 Å². The van der Waals surface area contributed by atoms with Crippen molar-refractivity contribution in [2.45, 2.75) is 25.5 Å². The summed E-state index contributed by atoms with van der Waals surface area (Å²) in [5.74, 6) is -0.175. The van der Waals surface area contributed by atoms with Crippen LogP contribution in [0.5, 0.6) is 0 Å². The van der Waals surface area contributed by atoms with Crippen LogP contribution in [-0.4, -0.2) is 31.2 Å². The van der Waals surface area contributed by atoms with Gasteiger partial charge in [0, 0.05) is 19.7 Å². The predicted octanol–water partition coefficient (Wildman–Crippen LogP) is 2.44. The van der Waals surface area contributed by atoms with E-state index < -0.39 is 0 Å². The summed E-state index contributed by atoms with van der Waals surface area (Å²) < 4.78 is 18.3. The second-order valence-corrected chi connectivity index (χ2v) is 4.46. The second-order valence-electron chi connectivity index (χ2n) is 4.46. The number of hydrogen-bond donors (Lipinski definition) is 0. The summed E-state index contributed by atoms with van der Waals surface area (Å²) >= 11 is 0. The van der Waals surface area contributed by atoms with Gasteiger partial charge in [-0.2, -0.15) is 0 Å². The average Bonchev–Trinajstić information content (AvgIpc) is 2.74. The van der Waals surface area contributed by atoms with Gasteiger partial charge in [0.05, 0.1) is 6.10 Å². The Bertz CT molecular complexity index is 319. The van der Waals surface area contributed by atoms with Gasteiger partial charge in [0.25, 0.3) is 0 Å². The molecule has 1 fully saturated rings. The van der Waals surface area contributed by atoms with E-state index in [0.29, 0.717) is 6.10 Å². The second kappa shape index (κ2) is 5.41. The molecule has 1 aromatic rings. The molecule has 0 radical (unpaired) electrons. The van der Waals surface area contributed by atoms with Crippen molar-refractivity contribution in [2.75, 3.05) is 20.2 Å². The smallest absolute Gasteiger partial charge is 0.123 e. The van der Waals surface area contributed by atoms with Gasteiger partial charge in [-0.3, -0.25) is 4.90 Å². The normalized spacial score (nSPS) is 20.6. The average molecular weight is 223 g/mol. The Morgan fingerprint density at radius 3 is 2.75 bits per heavy atom. The summed E-state index contributed by atoms with van der Waals surface area (Å²) in [5, 5.41) is 0. The monoisotopic (exact) mass is 223 g/mol. The first-order valence-electron chi connectivity index (χ1n) is 5.78. The highest BCUT2D eigenvalue weighted by Gasteiger charge is 2.17. The maximum atomic E-state index is 12.7. The summed E-state index contributed by atoms with van der Waals surface area (Å²) in [6, 6.07) is 6.69. The van der Waals surface area contributed by atoms with Crippen LogP contribution in [0, 0.1) is 5.82 Å². The molecular weight excluding hydrogens is 205 g/mol. The van der Waals surface area contributed by atoms with Crippen LogP contribution < -0.4 is 0 Å². The fraction of sp³-hybridized carbons (Fsp3) is 0.538. The third-order valence-corrected chi connectivity index (χ3v) is 2.91. The van der Waals surface area contributed by atoms with Gasteiger partial charge in [-0.05, 0) is 37.6 Å². The molecular formula is C13H18FNO. The Labute approximate surface area is 96.0 Å². The van der Waals surface area contributed by atoms with E-state index >= 15 is 0 Å². The molecule has 1 aliphatic heterocycles. The lowest BCUT2D eigenvalue weighted by Gasteiger charge is -2.20. The topological polar surface area (TPSA) is 12.5 Å². The molecule has 2 nitrogen and oxygen atoms in total. The van der Waals surface area contributed by atoms with Gasteiger partial charge in [-0.1, -0.05) is 12.1 Å². The Morgan fingerprint density at radius 1 is 1.38 bits per heavy atom. The van der Waals surface area contributed by atoms with Gasteiger partial charge in [0.15, 0.2) is 0 Å². The van der Waals surface area contributed by atoms with Gasteiger partial charge < -0.3 is 4.74 Å². The third-order valence-electron chi connectivity index (χ3n) is 2.91. The van der Waals surface area contributed by atoms with Gasteiger partial charge in [0.2, 0.25) is 0 Å². The van der Waals surface area contributed by atoms with Gasteiger partial charge in [-0.25, -0.2) is 4.39 Å². The molecule has 1 atom stereocenters. The number of benzene rings is 1. The largest absolute Gasteiger partial charge is 0.377 e. The predicted molar refractivity (Wildman–Crippen MR) is 61.7 cm³/mol. The minimum atomic E-state index is -0.175. The third kappa shape index (κ3) is 3.29. The molecule has 0 spiro atoms. The molecule has 88 valence electrons. The summed E-state index contributed by atoms with van der Waals surface area (Å²) in [5.41, 5.74) is 1.14. The van der Waals surface area contributed by atoms with E-state index in [4.69, 9.17) is 4.74 Å². The molecule has 0 bridgehead atoms. The fourth-order valence-corrected chi connectivity index (χ4v) is 2.10. The zero-order valence-corrected chi connectivity index (χ0v) is 9.66. The van der Waals surface area contributed by atoms with E-state index in [1.165, 1.54) is 18.6 Å². The van der Waals surface area contributed by atoms with E-state index in [1.807, 2.05) is 12.1 Å². The SMILES string of the molecule is CN(Cc1ccc(F)cc1)C[C@@H]1CCCO1. The lowest BCUT2D eigenvalue weighted by molar-refractivity contribution is 0.0793. The lowest BCUT2D eigenvalue weighted by Crippen LogP contribution is -2.28. The number of nitrogens with zero attached hydrogens (tertiary/aromatic N) is 1. The van der Waals surface area contributed by atoms with Crippen molar-refractivity contribution in [3.8, 4) is 0 Å². The van der Waals surface area contributed by atoms with Crippen LogP contribution in [0.3, 0.4) is 0 Å². The van der Waals surface area contributed by atoms with Crippen LogP contribution in [0.15, 0.2) is 24.3 Å². The Hall–Kier alpha value is -0.930. The van der Waals surface area contributed by atoms with Crippen molar-refractivity contribution >= 4 is 0 Å². The zero-order chi connectivity index (χ0) is 11.4. The highest BCUT2D eigenvalue weighted by Crippen LogP contribution is 2.14. The number of halogens is 1. The fourth-order valence-electron chi connectivity index (χ4n) is 2.10. The van der Waals surface area contributed by atoms with Crippen LogP contribution in [-0.2, 0) is 11.3 Å². The van der Waals surface area contributed by atoms with Crippen molar-refractivity contribution in [1.82, 2.24) is 4.90 Å². The molecule has 0 amide bonds. The number of rotatable bonds is 4. The van der Waals surface area contributed by atoms with Gasteiger partial charge in [-0.15, -0.1) is 0 Å². The Kier molecular flexibility index (Phi) is 3.91. The molecule has 3 heteroatoms. The van der Waals surface area contributed by atoms with E-state index in [1.54, 1.807) is 0 Å². The molecule has 16 heavy (non-hydrogen) atoms. The van der Waals surface area contributed by atoms with E-state index in [0.717, 1.165) is 31.7 Å². The molecule has 1 saturated heterocycles. The van der Waals surface area contributed by atoms with Gasteiger partial charge >= 0.3 is 0 Å². The first-order valence-corrected chi connectivity index (χ1v) is 5.78. The van der Waals surface area contributed by atoms with Crippen molar-refractivity contribution in [3.63, 3.8) is 0 Å². The van der Waals surface area contributed by atoms with Crippen LogP contribution in [0.25, 0.3) is 0 Å². The molecule has 0 unspecified atom stereocenters. The minimum Gasteiger partial charge on any atom is -0.377 e. The maximum absolute atomic E-state index is 12.7. The minimum absolute atomic E-state index is 0.175. The standard InChI is InChI=1S/C13H18FNO/c1-15(10-13-3-2-8-16-13)9-11-4-6-12(14)7-5-11/h4-7,13H,2-3,8-10H2,1H3/t13-/m0/s1. The van der Waals surface area contributed by atoms with E-state index in [2.05, 4.69) is 11.9 Å². The van der Waals surface area contributed by atoms with Crippen molar-refractivity contribution in [3.05, 3.63) is 35.6 Å². The molecule has 1 aromatic carbocycles. The lowest BCUT2D eigenvalue weighted by atomic mass is 10.2. The number of hydrogen-bond acceptors (Lipinski definition) is 2. The molecule has 0 saturated carbocycles. The highest BCUT2D eigenvalue weighted by molar-refractivity contribution is 5.15. The summed E-state index contributed by atoms with van der Waals surface area (Å²) in [6.45, 7) is 2.70. The number of ether oxygens (including phenoxy) is 1. The Morgan fingerprint density at radius 2 is 2.12 bits per heavy atom. The summed E-state index contributed by atoms with van der Waals surface area (Å²) in [6.07, 6.45) is 2.72. The maximum Gasteiger partial charge on any atom is 0.123 e. The van der Waals surface area contributed by atoms with Crippen LogP contribution in [0.2, 0.25) is 0 Å². The quantitative estimate of drug-likeness (QED) is 0.777. The molecule has 0 N–H and O–H groups in total. The molecule has 0 aromatic heterocycles. The van der Waals surface area contributed by atoms with E-state index in [-0.39, 0.29) is 5.82 Å². The molecule has 1 aliphatic rings. The van der Waals surface area contributed by atoms with Crippen LogP contribution in [0.1, 0.15) is 18.4 Å². The Balaban J connectivity index is 1.81. The summed E-state index contributed by atoms with van der Waals surface area (Å²) in [7, 11) is 2.07. The highest BCUT2D eigenvalue weighted by atomic mass is 19.1. The van der Waals surface area contributed by atoms with Crippen LogP contribution in [0.4, 0.5) is 4.39 Å². The van der Waals surface area contributed by atoms with Crippen molar-refractivity contribution < 1.29 is 9.13 Å². The summed E-state index contributed by atoms with van der Waals surface area (Å²) in [4.78, 5) is 2.23. The molecule has 1 heterocycles. The van der Waals surface area contributed by atoms with Crippen molar-refractivity contribution in [2.24, 2.45) is 0 Å². The first-order chi connectivity index (χ1) is 7.74. The molecule has 0 aliphatic carbocycles.